The molecule has 0 fully saturated rings. The van der Waals surface area contributed by atoms with Gasteiger partial charge in [0, 0.05) is 47.6 Å². The highest BCUT2D eigenvalue weighted by Crippen LogP contribution is 2.32. The zero-order valence-electron chi connectivity index (χ0n) is 14.3. The van der Waals surface area contributed by atoms with Crippen LogP contribution in [0.5, 0.6) is 0 Å². The molecule has 2 atom stereocenters. The van der Waals surface area contributed by atoms with Crippen molar-refractivity contribution in [3.8, 4) is 0 Å². The molecule has 1 aliphatic heterocycles. The quantitative estimate of drug-likeness (QED) is 0.744. The molecule has 25 heavy (non-hydrogen) atoms. The summed E-state index contributed by atoms with van der Waals surface area (Å²) in [6, 6.07) is 4.37. The molecule has 4 nitrogen and oxygen atoms in total. The Morgan fingerprint density at radius 2 is 2.12 bits per heavy atom. The van der Waals surface area contributed by atoms with Crippen molar-refractivity contribution in [1.82, 2.24) is 15.6 Å². The molecule has 1 unspecified atom stereocenters. The Hall–Kier alpha value is -2.59. The van der Waals surface area contributed by atoms with Gasteiger partial charge in [0.1, 0.15) is 0 Å². The maximum atomic E-state index is 4.04. The molecule has 4 rings (SSSR count). The number of pyridine rings is 1. The minimum Gasteiger partial charge on any atom is -0.365 e. The number of hydrogen-bond donors (Lipinski definition) is 3. The predicted octanol–water partition coefficient (Wildman–Crippen LogP) is 3.63. The van der Waals surface area contributed by atoms with Gasteiger partial charge in [-0.2, -0.15) is 0 Å². The van der Waals surface area contributed by atoms with E-state index in [0.717, 1.165) is 37.2 Å². The summed E-state index contributed by atoms with van der Waals surface area (Å²) in [6.45, 7) is 1.01. The third-order valence-electron chi connectivity index (χ3n) is 4.92. The minimum absolute atomic E-state index is 0.416. The summed E-state index contributed by atoms with van der Waals surface area (Å²) in [4.78, 5) is 4.04. The molecular formula is C21H24N4. The summed E-state index contributed by atoms with van der Waals surface area (Å²) in [5, 5.41) is 10.5. The van der Waals surface area contributed by atoms with Gasteiger partial charge in [0.15, 0.2) is 0 Å². The molecule has 1 aromatic heterocycles. The fourth-order valence-corrected chi connectivity index (χ4v) is 3.52. The zero-order valence-corrected chi connectivity index (χ0v) is 14.3. The van der Waals surface area contributed by atoms with E-state index in [1.807, 2.05) is 12.1 Å². The normalized spacial score (nSPS) is 24.1. The molecule has 0 bridgehead atoms. The summed E-state index contributed by atoms with van der Waals surface area (Å²) in [6.07, 6.45) is 22.3. The Morgan fingerprint density at radius 3 is 2.96 bits per heavy atom. The van der Waals surface area contributed by atoms with E-state index in [1.165, 1.54) is 11.3 Å². The average molecular weight is 332 g/mol. The Balaban J connectivity index is 1.21. The maximum Gasteiger partial charge on any atom is 0.0415 e. The van der Waals surface area contributed by atoms with E-state index in [9.17, 15) is 0 Å². The van der Waals surface area contributed by atoms with Gasteiger partial charge in [-0.15, -0.1) is 0 Å². The van der Waals surface area contributed by atoms with Gasteiger partial charge in [-0.05, 0) is 55.7 Å². The average Bonchev–Trinajstić information content (AvgIpc) is 3.07. The van der Waals surface area contributed by atoms with Crippen molar-refractivity contribution < 1.29 is 0 Å². The molecule has 0 saturated heterocycles. The van der Waals surface area contributed by atoms with Gasteiger partial charge in [0.25, 0.3) is 0 Å². The van der Waals surface area contributed by atoms with Gasteiger partial charge in [-0.1, -0.05) is 24.3 Å². The molecule has 0 amide bonds. The van der Waals surface area contributed by atoms with E-state index < -0.39 is 0 Å². The topological polar surface area (TPSA) is 49.0 Å². The first-order valence-corrected chi connectivity index (χ1v) is 8.99. The minimum atomic E-state index is 0.416. The third-order valence-corrected chi connectivity index (χ3v) is 4.92. The Labute approximate surface area is 149 Å². The molecule has 4 heteroatoms. The van der Waals surface area contributed by atoms with Crippen LogP contribution in [0, 0.1) is 5.92 Å². The van der Waals surface area contributed by atoms with Crippen LogP contribution in [-0.2, 0) is 0 Å². The monoisotopic (exact) mass is 332 g/mol. The van der Waals surface area contributed by atoms with Gasteiger partial charge in [-0.25, -0.2) is 0 Å². The van der Waals surface area contributed by atoms with Crippen LogP contribution in [0.2, 0.25) is 0 Å². The largest absolute Gasteiger partial charge is 0.365 e. The number of nitrogens with one attached hydrogen (secondary N) is 3. The van der Waals surface area contributed by atoms with Crippen LogP contribution in [0.25, 0.3) is 0 Å². The van der Waals surface area contributed by atoms with E-state index in [2.05, 4.69) is 63.6 Å². The van der Waals surface area contributed by atoms with Gasteiger partial charge in [-0.3, -0.25) is 4.98 Å². The lowest BCUT2D eigenvalue weighted by molar-refractivity contribution is 0.576. The van der Waals surface area contributed by atoms with Crippen LogP contribution in [0.3, 0.4) is 0 Å². The molecule has 0 radical (unpaired) electrons. The van der Waals surface area contributed by atoms with Crippen LogP contribution in [0.15, 0.2) is 84.1 Å². The Bertz CT molecular complexity index is 755. The Morgan fingerprint density at radius 1 is 1.20 bits per heavy atom. The first-order valence-electron chi connectivity index (χ1n) is 8.99. The first-order chi connectivity index (χ1) is 12.4. The molecule has 3 aliphatic rings. The van der Waals surface area contributed by atoms with Crippen LogP contribution < -0.4 is 16.0 Å². The van der Waals surface area contributed by atoms with E-state index in [1.54, 1.807) is 12.4 Å². The fourth-order valence-electron chi connectivity index (χ4n) is 3.52. The molecule has 2 aliphatic carbocycles. The van der Waals surface area contributed by atoms with E-state index in [-0.39, 0.29) is 0 Å². The molecule has 1 aromatic rings. The van der Waals surface area contributed by atoms with Crippen molar-refractivity contribution in [2.75, 3.05) is 11.9 Å². The van der Waals surface area contributed by atoms with Crippen molar-refractivity contribution >= 4 is 5.69 Å². The second-order valence-corrected chi connectivity index (χ2v) is 6.63. The molecule has 2 heterocycles. The number of anilines is 1. The number of allylic oxidation sites excluding steroid dienone is 5. The SMILES string of the molecule is C1=CC[C@@H]2C(CCNC3C=CC(Nc4ccncc4)=CC3)=CNC2=C1. The molecule has 128 valence electrons. The molecule has 3 N–H and O–H groups in total. The molecule has 0 spiro atoms. The lowest BCUT2D eigenvalue weighted by atomic mass is 9.90. The van der Waals surface area contributed by atoms with Crippen molar-refractivity contribution in [3.63, 3.8) is 0 Å². The molecular weight excluding hydrogens is 308 g/mol. The summed E-state index contributed by atoms with van der Waals surface area (Å²) in [7, 11) is 0. The van der Waals surface area contributed by atoms with Crippen molar-refractivity contribution in [3.05, 3.63) is 84.1 Å². The highest BCUT2D eigenvalue weighted by Gasteiger charge is 2.23. The first kappa shape index (κ1) is 15.9. The summed E-state index contributed by atoms with van der Waals surface area (Å²) >= 11 is 0. The highest BCUT2D eigenvalue weighted by molar-refractivity contribution is 5.50. The van der Waals surface area contributed by atoms with E-state index in [4.69, 9.17) is 0 Å². The maximum absolute atomic E-state index is 4.04. The number of rotatable bonds is 6. The lowest BCUT2D eigenvalue weighted by Crippen LogP contribution is -2.29. The van der Waals surface area contributed by atoms with Crippen LogP contribution in [0.4, 0.5) is 5.69 Å². The molecule has 0 saturated carbocycles. The molecule has 0 aromatic carbocycles. The number of fused-ring (bicyclic) bond motifs is 1. The second kappa shape index (κ2) is 7.53. The van der Waals surface area contributed by atoms with Crippen LogP contribution in [0.1, 0.15) is 19.3 Å². The number of nitrogens with zero attached hydrogens (tertiary/aromatic N) is 1. The lowest BCUT2D eigenvalue weighted by Gasteiger charge is -2.20. The van der Waals surface area contributed by atoms with E-state index >= 15 is 0 Å². The predicted molar refractivity (Wildman–Crippen MR) is 103 cm³/mol. The standard InChI is InChI=1S/C21H24N4/c1-2-4-21-20(3-1)16(15-24-21)9-14-23-17-5-7-18(8-6-17)25-19-10-12-22-13-11-19/h1-2,4-5,7-8,10-13,15,17,20,23-24H,3,6,9,14H2,(H,22,25)/t17?,20-/m1/s1. The fraction of sp³-hybridized carbons (Fsp3) is 0.286. The van der Waals surface area contributed by atoms with Gasteiger partial charge in [0.05, 0.1) is 0 Å². The summed E-state index contributed by atoms with van der Waals surface area (Å²) in [5.41, 5.74) is 5.09. The van der Waals surface area contributed by atoms with Crippen molar-refractivity contribution in [2.24, 2.45) is 5.92 Å². The number of aromatic nitrogens is 1. The smallest absolute Gasteiger partial charge is 0.0415 e. The Kier molecular flexibility index (Phi) is 4.79. The van der Waals surface area contributed by atoms with Crippen molar-refractivity contribution in [2.45, 2.75) is 25.3 Å². The highest BCUT2D eigenvalue weighted by atomic mass is 14.9. The summed E-state index contributed by atoms with van der Waals surface area (Å²) < 4.78 is 0. The number of hydrogen-bond acceptors (Lipinski definition) is 4. The van der Waals surface area contributed by atoms with Crippen molar-refractivity contribution in [1.29, 1.82) is 0 Å². The van der Waals surface area contributed by atoms with Crippen LogP contribution in [-0.4, -0.2) is 17.6 Å². The van der Waals surface area contributed by atoms with Gasteiger partial charge >= 0.3 is 0 Å². The zero-order chi connectivity index (χ0) is 16.9. The second-order valence-electron chi connectivity index (χ2n) is 6.63. The summed E-state index contributed by atoms with van der Waals surface area (Å²) in [5.74, 6) is 0.574. The van der Waals surface area contributed by atoms with E-state index in [0.29, 0.717) is 12.0 Å². The van der Waals surface area contributed by atoms with Crippen LogP contribution >= 0.6 is 0 Å². The van der Waals surface area contributed by atoms with Gasteiger partial charge < -0.3 is 16.0 Å². The third kappa shape index (κ3) is 3.91. The van der Waals surface area contributed by atoms with Gasteiger partial charge in [0.2, 0.25) is 0 Å².